The fraction of sp³-hybridized carbons (Fsp3) is 0.192. The van der Waals surface area contributed by atoms with E-state index in [1.807, 2.05) is 41.4 Å². The molecule has 1 saturated heterocycles. The van der Waals surface area contributed by atoms with E-state index in [9.17, 15) is 4.79 Å². The lowest BCUT2D eigenvalue weighted by molar-refractivity contribution is 0.0712. The molecule has 2 N–H and O–H groups in total. The monoisotopic (exact) mass is 436 g/mol. The van der Waals surface area contributed by atoms with Gasteiger partial charge in [-0.1, -0.05) is 30.3 Å². The van der Waals surface area contributed by atoms with Crippen LogP contribution in [0.15, 0.2) is 79.3 Å². The largest absolute Gasteiger partial charge is 0.361 e. The van der Waals surface area contributed by atoms with Crippen molar-refractivity contribution in [3.8, 4) is 0 Å². The highest BCUT2D eigenvalue weighted by Crippen LogP contribution is 2.28. The van der Waals surface area contributed by atoms with Crippen LogP contribution >= 0.6 is 0 Å². The number of piperidine rings is 1. The molecule has 0 radical (unpaired) electrons. The SMILES string of the molecule is O=C(c1cnc2cc(Nc3ccc4[nH]ccc4c3)nn2c1)N1CCC(c2ccccc2)CC1. The molecule has 1 amide bonds. The molecular formula is C26H24N6O. The Hall–Kier alpha value is -4.13. The molecule has 0 bridgehead atoms. The van der Waals surface area contributed by atoms with Crippen molar-refractivity contribution in [2.75, 3.05) is 18.4 Å². The van der Waals surface area contributed by atoms with Crippen LogP contribution in [0.25, 0.3) is 16.6 Å². The molecule has 33 heavy (non-hydrogen) atoms. The molecule has 0 spiro atoms. The standard InChI is InChI=1S/C26H24N6O/c33-26(31-12-9-19(10-13-31)18-4-2-1-3-5-18)21-16-28-25-15-24(30-32(25)17-21)29-22-6-7-23-20(14-22)8-11-27-23/h1-8,11,14-17,19,27H,9-10,12-13H2,(H,29,30). The van der Waals surface area contributed by atoms with Gasteiger partial charge in [0, 0.05) is 54.3 Å². The Morgan fingerprint density at radius 2 is 1.88 bits per heavy atom. The fourth-order valence-electron chi connectivity index (χ4n) is 4.65. The van der Waals surface area contributed by atoms with Gasteiger partial charge < -0.3 is 15.2 Å². The lowest BCUT2D eigenvalue weighted by Crippen LogP contribution is -2.38. The zero-order chi connectivity index (χ0) is 22.2. The van der Waals surface area contributed by atoms with Gasteiger partial charge in [-0.15, -0.1) is 5.10 Å². The number of nitrogens with one attached hydrogen (secondary N) is 2. The number of carbonyl (C=O) groups is 1. The Morgan fingerprint density at radius 1 is 1.03 bits per heavy atom. The molecule has 0 atom stereocenters. The van der Waals surface area contributed by atoms with E-state index in [0.29, 0.717) is 22.9 Å². The molecule has 7 heteroatoms. The van der Waals surface area contributed by atoms with Gasteiger partial charge in [0.15, 0.2) is 11.5 Å². The zero-order valence-electron chi connectivity index (χ0n) is 18.1. The van der Waals surface area contributed by atoms with Gasteiger partial charge in [-0.2, -0.15) is 0 Å². The summed E-state index contributed by atoms with van der Waals surface area (Å²) < 4.78 is 1.67. The molecule has 1 aliphatic heterocycles. The highest BCUT2D eigenvalue weighted by atomic mass is 16.2. The lowest BCUT2D eigenvalue weighted by Gasteiger charge is -2.32. The van der Waals surface area contributed by atoms with Crippen molar-refractivity contribution in [3.05, 3.63) is 90.4 Å². The van der Waals surface area contributed by atoms with E-state index in [4.69, 9.17) is 0 Å². The molecule has 0 unspecified atom stereocenters. The third-order valence-corrected chi connectivity index (χ3v) is 6.44. The first-order valence-electron chi connectivity index (χ1n) is 11.3. The van der Waals surface area contributed by atoms with Crippen LogP contribution in [-0.2, 0) is 0 Å². The number of likely N-dealkylation sites (tertiary alicyclic amines) is 1. The molecule has 164 valence electrons. The summed E-state index contributed by atoms with van der Waals surface area (Å²) in [5, 5.41) is 9.04. The summed E-state index contributed by atoms with van der Waals surface area (Å²) in [7, 11) is 0. The average Bonchev–Trinajstić information content (AvgIpc) is 3.49. The summed E-state index contributed by atoms with van der Waals surface area (Å²) in [4.78, 5) is 22.7. The Balaban J connectivity index is 1.16. The highest BCUT2D eigenvalue weighted by Gasteiger charge is 2.25. The summed E-state index contributed by atoms with van der Waals surface area (Å²) in [6.45, 7) is 1.51. The number of aromatic amines is 1. The molecule has 1 aliphatic rings. The van der Waals surface area contributed by atoms with Gasteiger partial charge >= 0.3 is 0 Å². The van der Waals surface area contributed by atoms with E-state index >= 15 is 0 Å². The molecule has 3 aromatic heterocycles. The summed E-state index contributed by atoms with van der Waals surface area (Å²) in [6.07, 6.45) is 7.30. The Morgan fingerprint density at radius 3 is 2.73 bits per heavy atom. The summed E-state index contributed by atoms with van der Waals surface area (Å²) in [5.41, 5.74) is 4.65. The quantitative estimate of drug-likeness (QED) is 0.417. The van der Waals surface area contributed by atoms with Crippen molar-refractivity contribution in [1.29, 1.82) is 0 Å². The normalized spacial score (nSPS) is 14.7. The van der Waals surface area contributed by atoms with Crippen LogP contribution < -0.4 is 5.32 Å². The van der Waals surface area contributed by atoms with Gasteiger partial charge in [-0.25, -0.2) is 9.50 Å². The highest BCUT2D eigenvalue weighted by molar-refractivity contribution is 5.94. The van der Waals surface area contributed by atoms with Gasteiger partial charge in [0.25, 0.3) is 5.91 Å². The van der Waals surface area contributed by atoms with Crippen LogP contribution in [0, 0.1) is 0 Å². The van der Waals surface area contributed by atoms with E-state index in [1.54, 1.807) is 16.9 Å². The third-order valence-electron chi connectivity index (χ3n) is 6.44. The van der Waals surface area contributed by atoms with Gasteiger partial charge in [-0.05, 0) is 48.6 Å². The molecule has 7 nitrogen and oxygen atoms in total. The molecule has 0 aliphatic carbocycles. The first kappa shape index (κ1) is 19.5. The van der Waals surface area contributed by atoms with Crippen LogP contribution in [0.5, 0.6) is 0 Å². The van der Waals surface area contributed by atoms with Crippen LogP contribution in [0.2, 0.25) is 0 Å². The Kier molecular flexibility index (Phi) is 4.79. The summed E-state index contributed by atoms with van der Waals surface area (Å²) >= 11 is 0. The number of nitrogens with zero attached hydrogens (tertiary/aromatic N) is 4. The Bertz CT molecular complexity index is 1430. The first-order valence-corrected chi connectivity index (χ1v) is 11.3. The van der Waals surface area contributed by atoms with Crippen LogP contribution in [0.4, 0.5) is 11.5 Å². The van der Waals surface area contributed by atoms with E-state index in [-0.39, 0.29) is 5.91 Å². The van der Waals surface area contributed by atoms with Crippen molar-refractivity contribution in [3.63, 3.8) is 0 Å². The minimum atomic E-state index is 0.0128. The number of anilines is 2. The number of rotatable bonds is 4. The molecule has 4 heterocycles. The maximum Gasteiger partial charge on any atom is 0.256 e. The number of benzene rings is 2. The zero-order valence-corrected chi connectivity index (χ0v) is 18.1. The number of fused-ring (bicyclic) bond motifs is 2. The number of H-pyrrole nitrogens is 1. The van der Waals surface area contributed by atoms with Crippen molar-refractivity contribution < 1.29 is 4.79 Å². The molecule has 1 fully saturated rings. The predicted octanol–water partition coefficient (Wildman–Crippen LogP) is 4.97. The molecule has 2 aromatic carbocycles. The fourth-order valence-corrected chi connectivity index (χ4v) is 4.65. The third kappa shape index (κ3) is 3.82. The smallest absolute Gasteiger partial charge is 0.256 e. The maximum absolute atomic E-state index is 13.1. The predicted molar refractivity (Wildman–Crippen MR) is 129 cm³/mol. The van der Waals surface area contributed by atoms with Crippen LogP contribution in [0.3, 0.4) is 0 Å². The van der Waals surface area contributed by atoms with E-state index < -0.39 is 0 Å². The van der Waals surface area contributed by atoms with E-state index in [2.05, 4.69) is 50.7 Å². The van der Waals surface area contributed by atoms with Gasteiger partial charge in [0.05, 0.1) is 5.56 Å². The maximum atomic E-state index is 13.1. The molecule has 5 aromatic rings. The number of hydrogen-bond donors (Lipinski definition) is 2. The summed E-state index contributed by atoms with van der Waals surface area (Å²) in [6, 6.07) is 20.6. The van der Waals surface area contributed by atoms with Crippen LogP contribution in [-0.4, -0.2) is 43.5 Å². The van der Waals surface area contributed by atoms with Gasteiger partial charge in [-0.3, -0.25) is 4.79 Å². The van der Waals surface area contributed by atoms with Crippen molar-refractivity contribution in [1.82, 2.24) is 24.5 Å². The van der Waals surface area contributed by atoms with Crippen molar-refractivity contribution in [2.45, 2.75) is 18.8 Å². The van der Waals surface area contributed by atoms with Crippen molar-refractivity contribution in [2.24, 2.45) is 0 Å². The Labute approximate surface area is 191 Å². The number of carbonyl (C=O) groups excluding carboxylic acids is 1. The summed E-state index contributed by atoms with van der Waals surface area (Å²) in [5.74, 6) is 1.21. The average molecular weight is 437 g/mol. The topological polar surface area (TPSA) is 78.3 Å². The second kappa shape index (κ2) is 8.09. The lowest BCUT2D eigenvalue weighted by atomic mass is 9.89. The molecule has 6 rings (SSSR count). The van der Waals surface area contributed by atoms with Gasteiger partial charge in [0.1, 0.15) is 0 Å². The first-order chi connectivity index (χ1) is 16.2. The van der Waals surface area contributed by atoms with E-state index in [0.717, 1.165) is 42.5 Å². The van der Waals surface area contributed by atoms with E-state index in [1.165, 1.54) is 5.56 Å². The second-order valence-electron chi connectivity index (χ2n) is 8.56. The second-order valence-corrected chi connectivity index (χ2v) is 8.56. The molecule has 0 saturated carbocycles. The molecular weight excluding hydrogens is 412 g/mol. The van der Waals surface area contributed by atoms with Crippen molar-refractivity contribution >= 4 is 34.0 Å². The number of aromatic nitrogens is 4. The minimum Gasteiger partial charge on any atom is -0.361 e. The number of hydrogen-bond acceptors (Lipinski definition) is 4. The number of amides is 1. The van der Waals surface area contributed by atoms with Gasteiger partial charge in [0.2, 0.25) is 0 Å². The minimum absolute atomic E-state index is 0.0128. The van der Waals surface area contributed by atoms with Crippen LogP contribution in [0.1, 0.15) is 34.7 Å².